The van der Waals surface area contributed by atoms with E-state index in [0.717, 1.165) is 0 Å². The summed E-state index contributed by atoms with van der Waals surface area (Å²) in [6.45, 7) is 8.84. The molecule has 0 bridgehead atoms. The molecule has 0 fully saturated rings. The Balaban J connectivity index is 2.55. The SMILES string of the molecule is Cc1ccccc1C(C)(C)CNC(=O)N[C@H](C)CCO. The van der Waals surface area contributed by atoms with Crippen molar-refractivity contribution < 1.29 is 9.90 Å². The summed E-state index contributed by atoms with van der Waals surface area (Å²) >= 11 is 0. The predicted molar refractivity (Wildman–Crippen MR) is 81.9 cm³/mol. The standard InChI is InChI=1S/C16H26N2O2/c1-12-7-5-6-8-14(12)16(3,4)11-17-15(20)18-13(2)9-10-19/h5-8,13,19H,9-11H2,1-4H3,(H2,17,18,20)/t13-/m1/s1. The highest BCUT2D eigenvalue weighted by molar-refractivity contribution is 5.74. The number of hydrogen-bond acceptors (Lipinski definition) is 2. The Morgan fingerprint density at radius 2 is 2.00 bits per heavy atom. The van der Waals surface area contributed by atoms with Crippen LogP contribution in [0.5, 0.6) is 0 Å². The van der Waals surface area contributed by atoms with E-state index in [9.17, 15) is 4.79 Å². The Morgan fingerprint density at radius 1 is 1.35 bits per heavy atom. The highest BCUT2D eigenvalue weighted by Gasteiger charge is 2.23. The maximum atomic E-state index is 11.8. The van der Waals surface area contributed by atoms with Gasteiger partial charge in [0.1, 0.15) is 0 Å². The molecule has 20 heavy (non-hydrogen) atoms. The van der Waals surface area contributed by atoms with Gasteiger partial charge < -0.3 is 15.7 Å². The van der Waals surface area contributed by atoms with Crippen LogP contribution in [0.2, 0.25) is 0 Å². The number of benzene rings is 1. The van der Waals surface area contributed by atoms with Crippen LogP contribution < -0.4 is 10.6 Å². The summed E-state index contributed by atoms with van der Waals surface area (Å²) in [5.41, 5.74) is 2.35. The Kier molecular flexibility index (Phi) is 6.02. The number of urea groups is 1. The first-order valence-electron chi connectivity index (χ1n) is 7.08. The molecule has 3 N–H and O–H groups in total. The molecule has 0 saturated heterocycles. The topological polar surface area (TPSA) is 61.4 Å². The predicted octanol–water partition coefficient (Wildman–Crippen LogP) is 2.34. The van der Waals surface area contributed by atoms with E-state index in [1.807, 2.05) is 19.1 Å². The zero-order chi connectivity index (χ0) is 15.2. The molecule has 0 aliphatic heterocycles. The largest absolute Gasteiger partial charge is 0.396 e. The summed E-state index contributed by atoms with van der Waals surface area (Å²) in [6.07, 6.45) is 0.564. The Morgan fingerprint density at radius 3 is 2.60 bits per heavy atom. The first-order valence-corrected chi connectivity index (χ1v) is 7.08. The average Bonchev–Trinajstić information content (AvgIpc) is 2.37. The third-order valence-electron chi connectivity index (χ3n) is 3.50. The number of rotatable bonds is 6. The van der Waals surface area contributed by atoms with Crippen LogP contribution in [0.15, 0.2) is 24.3 Å². The molecule has 112 valence electrons. The highest BCUT2D eigenvalue weighted by atomic mass is 16.3. The Bertz CT molecular complexity index is 444. The molecule has 0 saturated carbocycles. The van der Waals surface area contributed by atoms with Crippen molar-refractivity contribution in [2.24, 2.45) is 0 Å². The molecule has 0 heterocycles. The zero-order valence-electron chi connectivity index (χ0n) is 12.9. The van der Waals surface area contributed by atoms with Crippen LogP contribution in [0.4, 0.5) is 4.79 Å². The number of nitrogens with one attached hydrogen (secondary N) is 2. The van der Waals surface area contributed by atoms with Crippen LogP contribution in [0, 0.1) is 6.92 Å². The van der Waals surface area contributed by atoms with Gasteiger partial charge in [0, 0.05) is 24.6 Å². The molecule has 0 unspecified atom stereocenters. The van der Waals surface area contributed by atoms with Crippen LogP contribution >= 0.6 is 0 Å². The molecule has 0 spiro atoms. The van der Waals surface area contributed by atoms with E-state index in [1.165, 1.54) is 11.1 Å². The summed E-state index contributed by atoms with van der Waals surface area (Å²) in [5.74, 6) is 0. The number of aliphatic hydroxyl groups excluding tert-OH is 1. The number of aliphatic hydroxyl groups is 1. The number of amides is 2. The second-order valence-corrected chi connectivity index (χ2v) is 5.94. The van der Waals surface area contributed by atoms with Crippen molar-refractivity contribution in [3.8, 4) is 0 Å². The molecule has 0 aromatic heterocycles. The van der Waals surface area contributed by atoms with Crippen LogP contribution in [0.3, 0.4) is 0 Å². The fourth-order valence-electron chi connectivity index (χ4n) is 2.27. The fraction of sp³-hybridized carbons (Fsp3) is 0.562. The van der Waals surface area contributed by atoms with E-state index in [1.54, 1.807) is 0 Å². The van der Waals surface area contributed by atoms with Crippen molar-refractivity contribution in [3.63, 3.8) is 0 Å². The van der Waals surface area contributed by atoms with Gasteiger partial charge in [-0.2, -0.15) is 0 Å². The molecule has 4 heteroatoms. The maximum absolute atomic E-state index is 11.8. The van der Waals surface area contributed by atoms with Gasteiger partial charge in [0.2, 0.25) is 0 Å². The monoisotopic (exact) mass is 278 g/mol. The van der Waals surface area contributed by atoms with Gasteiger partial charge in [0.25, 0.3) is 0 Å². The van der Waals surface area contributed by atoms with Crippen molar-refractivity contribution in [1.29, 1.82) is 0 Å². The van der Waals surface area contributed by atoms with E-state index in [0.29, 0.717) is 13.0 Å². The molecule has 0 radical (unpaired) electrons. The molecule has 1 rings (SSSR count). The van der Waals surface area contributed by atoms with E-state index in [-0.39, 0.29) is 24.1 Å². The second kappa shape index (κ2) is 7.29. The van der Waals surface area contributed by atoms with Gasteiger partial charge >= 0.3 is 6.03 Å². The number of hydrogen-bond donors (Lipinski definition) is 3. The Hall–Kier alpha value is -1.55. The maximum Gasteiger partial charge on any atom is 0.315 e. The molecular formula is C16H26N2O2. The van der Waals surface area contributed by atoms with Gasteiger partial charge in [-0.15, -0.1) is 0 Å². The lowest BCUT2D eigenvalue weighted by molar-refractivity contribution is 0.229. The Labute approximate surface area is 121 Å². The minimum Gasteiger partial charge on any atom is -0.396 e. The van der Waals surface area contributed by atoms with Crippen LogP contribution in [-0.4, -0.2) is 30.3 Å². The number of aryl methyl sites for hydroxylation is 1. The van der Waals surface area contributed by atoms with Gasteiger partial charge in [-0.1, -0.05) is 38.1 Å². The third-order valence-corrected chi connectivity index (χ3v) is 3.50. The van der Waals surface area contributed by atoms with Crippen molar-refractivity contribution in [2.75, 3.05) is 13.2 Å². The first kappa shape index (κ1) is 16.5. The highest BCUT2D eigenvalue weighted by Crippen LogP contribution is 2.25. The van der Waals surface area contributed by atoms with Crippen molar-refractivity contribution >= 4 is 6.03 Å². The van der Waals surface area contributed by atoms with Gasteiger partial charge in [-0.25, -0.2) is 4.79 Å². The number of carbonyl (C=O) groups excluding carboxylic acids is 1. The second-order valence-electron chi connectivity index (χ2n) is 5.94. The van der Waals surface area contributed by atoms with E-state index < -0.39 is 0 Å². The molecule has 4 nitrogen and oxygen atoms in total. The molecule has 1 aromatic carbocycles. The summed E-state index contributed by atoms with van der Waals surface area (Å²) in [7, 11) is 0. The van der Waals surface area contributed by atoms with Crippen LogP contribution in [-0.2, 0) is 5.41 Å². The summed E-state index contributed by atoms with van der Waals surface area (Å²) in [6, 6.07) is 8.01. The van der Waals surface area contributed by atoms with E-state index >= 15 is 0 Å². The van der Waals surface area contributed by atoms with E-state index in [4.69, 9.17) is 5.11 Å². The molecule has 0 aliphatic carbocycles. The minimum atomic E-state index is -0.187. The smallest absolute Gasteiger partial charge is 0.315 e. The normalized spacial score (nSPS) is 12.8. The van der Waals surface area contributed by atoms with Crippen molar-refractivity contribution in [1.82, 2.24) is 10.6 Å². The van der Waals surface area contributed by atoms with Gasteiger partial charge in [-0.3, -0.25) is 0 Å². The molecular weight excluding hydrogens is 252 g/mol. The average molecular weight is 278 g/mol. The molecule has 0 aliphatic rings. The van der Waals surface area contributed by atoms with Gasteiger partial charge in [0.15, 0.2) is 0 Å². The summed E-state index contributed by atoms with van der Waals surface area (Å²) in [5, 5.41) is 14.5. The number of carbonyl (C=O) groups is 1. The third kappa shape index (κ3) is 4.85. The molecule has 2 amide bonds. The first-order chi connectivity index (χ1) is 9.36. The van der Waals surface area contributed by atoms with Gasteiger partial charge in [0.05, 0.1) is 0 Å². The lowest BCUT2D eigenvalue weighted by atomic mass is 9.82. The molecule has 1 aromatic rings. The molecule has 1 atom stereocenters. The van der Waals surface area contributed by atoms with Crippen LogP contribution in [0.25, 0.3) is 0 Å². The van der Waals surface area contributed by atoms with Crippen LogP contribution in [0.1, 0.15) is 38.3 Å². The zero-order valence-corrected chi connectivity index (χ0v) is 12.9. The van der Waals surface area contributed by atoms with Crippen molar-refractivity contribution in [3.05, 3.63) is 35.4 Å². The minimum absolute atomic E-state index is 0.0263. The lowest BCUT2D eigenvalue weighted by Gasteiger charge is -2.28. The summed E-state index contributed by atoms with van der Waals surface area (Å²) < 4.78 is 0. The quantitative estimate of drug-likeness (QED) is 0.748. The summed E-state index contributed by atoms with van der Waals surface area (Å²) in [4.78, 5) is 11.8. The van der Waals surface area contributed by atoms with E-state index in [2.05, 4.69) is 43.5 Å². The fourth-order valence-corrected chi connectivity index (χ4v) is 2.27. The lowest BCUT2D eigenvalue weighted by Crippen LogP contribution is -2.45. The van der Waals surface area contributed by atoms with Gasteiger partial charge in [-0.05, 0) is 31.4 Å². The van der Waals surface area contributed by atoms with Crippen molar-refractivity contribution in [2.45, 2.75) is 45.6 Å².